The molecule has 1 aromatic carbocycles. The molecule has 16 heavy (non-hydrogen) atoms. The molecule has 2 nitrogen and oxygen atoms in total. The minimum Gasteiger partial charge on any atom is -0.501 e. The van der Waals surface area contributed by atoms with E-state index in [-0.39, 0.29) is 0 Å². The number of benzene rings is 1. The fourth-order valence-corrected chi connectivity index (χ4v) is 2.66. The van der Waals surface area contributed by atoms with Crippen LogP contribution in [0.25, 0.3) is 0 Å². The number of hydrogen-bond donors (Lipinski definition) is 0. The van der Waals surface area contributed by atoms with E-state index in [0.29, 0.717) is 5.92 Å². The van der Waals surface area contributed by atoms with Gasteiger partial charge in [0.05, 0.1) is 12.9 Å². The Bertz CT molecular complexity index is 487. The minimum atomic E-state index is 0.473. The van der Waals surface area contributed by atoms with Crippen molar-refractivity contribution in [2.75, 3.05) is 19.1 Å². The fourth-order valence-electron chi connectivity index (χ4n) is 2.66. The van der Waals surface area contributed by atoms with Gasteiger partial charge in [-0.15, -0.1) is 0 Å². The van der Waals surface area contributed by atoms with E-state index in [2.05, 4.69) is 48.4 Å². The van der Waals surface area contributed by atoms with Crippen LogP contribution in [0, 0.1) is 0 Å². The van der Waals surface area contributed by atoms with Crippen molar-refractivity contribution in [1.82, 2.24) is 0 Å². The highest BCUT2D eigenvalue weighted by molar-refractivity contribution is 5.68. The molecular formula is C14H15NO. The molecule has 3 rings (SSSR count). The van der Waals surface area contributed by atoms with Crippen LogP contribution in [0.15, 0.2) is 47.9 Å². The third kappa shape index (κ3) is 1.19. The fraction of sp³-hybridized carbons (Fsp3) is 0.286. The summed E-state index contributed by atoms with van der Waals surface area (Å²) in [4.78, 5) is 2.28. The first-order valence-corrected chi connectivity index (χ1v) is 5.58. The maximum absolute atomic E-state index is 5.35. The lowest BCUT2D eigenvalue weighted by atomic mass is 9.91. The van der Waals surface area contributed by atoms with Crippen LogP contribution in [0.1, 0.15) is 17.9 Å². The van der Waals surface area contributed by atoms with Crippen molar-refractivity contribution >= 4 is 5.69 Å². The molecule has 0 aromatic heterocycles. The van der Waals surface area contributed by atoms with Crippen LogP contribution in [0.2, 0.25) is 0 Å². The third-order valence-electron chi connectivity index (χ3n) is 3.53. The van der Waals surface area contributed by atoms with E-state index < -0.39 is 0 Å². The van der Waals surface area contributed by atoms with E-state index >= 15 is 0 Å². The van der Waals surface area contributed by atoms with Crippen molar-refractivity contribution in [2.45, 2.75) is 12.3 Å². The molecule has 1 aliphatic carbocycles. The SMILES string of the molecule is COC1=CC=C2C(C1)c1ccccc1N2C. The highest BCUT2D eigenvalue weighted by atomic mass is 16.5. The van der Waals surface area contributed by atoms with E-state index in [9.17, 15) is 0 Å². The molecular weight excluding hydrogens is 198 g/mol. The van der Waals surface area contributed by atoms with Crippen molar-refractivity contribution in [1.29, 1.82) is 0 Å². The Kier molecular flexibility index (Phi) is 2.03. The number of hydrogen-bond acceptors (Lipinski definition) is 2. The van der Waals surface area contributed by atoms with Gasteiger partial charge >= 0.3 is 0 Å². The van der Waals surface area contributed by atoms with Gasteiger partial charge in [0.2, 0.25) is 0 Å². The van der Waals surface area contributed by atoms with Crippen LogP contribution in [0.5, 0.6) is 0 Å². The van der Waals surface area contributed by atoms with Crippen LogP contribution in [-0.4, -0.2) is 14.2 Å². The summed E-state index contributed by atoms with van der Waals surface area (Å²) in [6, 6.07) is 8.61. The number of methoxy groups -OCH3 is 1. The van der Waals surface area contributed by atoms with Crippen LogP contribution >= 0.6 is 0 Å². The second kappa shape index (κ2) is 3.41. The zero-order valence-corrected chi connectivity index (χ0v) is 9.60. The molecule has 0 spiro atoms. The maximum atomic E-state index is 5.35. The number of para-hydroxylation sites is 1. The van der Waals surface area contributed by atoms with E-state index in [1.54, 1.807) is 7.11 Å². The van der Waals surface area contributed by atoms with Crippen molar-refractivity contribution in [2.24, 2.45) is 0 Å². The van der Waals surface area contributed by atoms with Crippen LogP contribution in [0.3, 0.4) is 0 Å². The average molecular weight is 213 g/mol. The molecule has 0 fully saturated rings. The van der Waals surface area contributed by atoms with Gasteiger partial charge in [-0.2, -0.15) is 0 Å². The smallest absolute Gasteiger partial charge is 0.0966 e. The minimum absolute atomic E-state index is 0.473. The number of fused-ring (bicyclic) bond motifs is 3. The van der Waals surface area contributed by atoms with Gasteiger partial charge in [-0.3, -0.25) is 0 Å². The van der Waals surface area contributed by atoms with Crippen molar-refractivity contribution in [3.63, 3.8) is 0 Å². The maximum Gasteiger partial charge on any atom is 0.0966 e. The number of nitrogens with zero attached hydrogens (tertiary/aromatic N) is 1. The summed E-state index contributed by atoms with van der Waals surface area (Å²) in [5.41, 5.74) is 4.12. The molecule has 82 valence electrons. The largest absolute Gasteiger partial charge is 0.501 e. The number of allylic oxidation sites excluding steroid dienone is 4. The van der Waals surface area contributed by atoms with Gasteiger partial charge in [0.15, 0.2) is 0 Å². The third-order valence-corrected chi connectivity index (χ3v) is 3.53. The summed E-state index contributed by atoms with van der Waals surface area (Å²) in [7, 11) is 3.88. The standard InChI is InChI=1S/C14H15NO/c1-15-13-6-4-3-5-11(13)12-9-10(16-2)7-8-14(12)15/h3-8,12H,9H2,1-2H3. The zero-order chi connectivity index (χ0) is 11.1. The molecule has 0 N–H and O–H groups in total. The lowest BCUT2D eigenvalue weighted by Crippen LogP contribution is -2.15. The summed E-state index contributed by atoms with van der Waals surface area (Å²) in [6.45, 7) is 0. The highest BCUT2D eigenvalue weighted by Crippen LogP contribution is 2.47. The molecule has 0 radical (unpaired) electrons. The molecule has 2 aliphatic rings. The second-order valence-corrected chi connectivity index (χ2v) is 4.30. The Morgan fingerprint density at radius 2 is 2.06 bits per heavy atom. The Morgan fingerprint density at radius 3 is 2.88 bits per heavy atom. The Labute approximate surface area is 95.8 Å². The zero-order valence-electron chi connectivity index (χ0n) is 9.60. The summed E-state index contributed by atoms with van der Waals surface area (Å²) in [5, 5.41) is 0. The average Bonchev–Trinajstić information content (AvgIpc) is 2.64. The first kappa shape index (κ1) is 9.52. The van der Waals surface area contributed by atoms with Gasteiger partial charge in [-0.1, -0.05) is 18.2 Å². The Morgan fingerprint density at radius 1 is 1.25 bits per heavy atom. The molecule has 1 heterocycles. The quantitative estimate of drug-likeness (QED) is 0.711. The predicted molar refractivity (Wildman–Crippen MR) is 65.4 cm³/mol. The first-order chi connectivity index (χ1) is 7.81. The number of likely N-dealkylation sites (N-methyl/N-ethyl adjacent to an activating group) is 1. The molecule has 1 aliphatic heterocycles. The number of ether oxygens (including phenoxy) is 1. The van der Waals surface area contributed by atoms with Gasteiger partial charge in [-0.05, 0) is 23.8 Å². The molecule has 0 saturated carbocycles. The lowest BCUT2D eigenvalue weighted by Gasteiger charge is -2.22. The number of rotatable bonds is 1. The summed E-state index contributed by atoms with van der Waals surface area (Å²) in [6.07, 6.45) is 5.23. The Balaban J connectivity index is 2.08. The monoisotopic (exact) mass is 213 g/mol. The predicted octanol–water partition coefficient (Wildman–Crippen LogP) is 3.04. The summed E-state index contributed by atoms with van der Waals surface area (Å²) in [5.74, 6) is 1.54. The van der Waals surface area contributed by atoms with Crippen LogP contribution in [0.4, 0.5) is 5.69 Å². The topological polar surface area (TPSA) is 12.5 Å². The normalized spacial score (nSPS) is 22.1. The second-order valence-electron chi connectivity index (χ2n) is 4.30. The Hall–Kier alpha value is -1.70. The molecule has 2 heteroatoms. The molecule has 1 unspecified atom stereocenters. The number of anilines is 1. The molecule has 1 atom stereocenters. The molecule has 0 saturated heterocycles. The summed E-state index contributed by atoms with van der Waals surface area (Å²) >= 11 is 0. The van der Waals surface area contributed by atoms with Gasteiger partial charge < -0.3 is 9.64 Å². The van der Waals surface area contributed by atoms with Crippen LogP contribution < -0.4 is 4.90 Å². The molecule has 0 amide bonds. The van der Waals surface area contributed by atoms with E-state index in [4.69, 9.17) is 4.74 Å². The van der Waals surface area contributed by atoms with Gasteiger partial charge in [0.1, 0.15) is 0 Å². The molecule has 1 aromatic rings. The van der Waals surface area contributed by atoms with E-state index in [1.165, 1.54) is 16.9 Å². The van der Waals surface area contributed by atoms with Crippen molar-refractivity contribution in [3.8, 4) is 0 Å². The summed E-state index contributed by atoms with van der Waals surface area (Å²) < 4.78 is 5.35. The van der Waals surface area contributed by atoms with E-state index in [0.717, 1.165) is 12.2 Å². The van der Waals surface area contributed by atoms with Gasteiger partial charge in [0.25, 0.3) is 0 Å². The lowest BCUT2D eigenvalue weighted by molar-refractivity contribution is 0.271. The van der Waals surface area contributed by atoms with Crippen molar-refractivity contribution < 1.29 is 4.74 Å². The van der Waals surface area contributed by atoms with Gasteiger partial charge in [0, 0.05) is 30.8 Å². The van der Waals surface area contributed by atoms with Gasteiger partial charge in [-0.25, -0.2) is 0 Å². The van der Waals surface area contributed by atoms with E-state index in [1.807, 2.05) is 0 Å². The van der Waals surface area contributed by atoms with Crippen LogP contribution in [-0.2, 0) is 4.74 Å². The van der Waals surface area contributed by atoms with Crippen molar-refractivity contribution in [3.05, 3.63) is 53.4 Å². The molecule has 0 bridgehead atoms. The first-order valence-electron chi connectivity index (χ1n) is 5.58. The highest BCUT2D eigenvalue weighted by Gasteiger charge is 2.33.